The first-order valence-corrected chi connectivity index (χ1v) is 26.2. The third-order valence-corrected chi connectivity index (χ3v) is 15.1. The number of para-hydroxylation sites is 4. The number of hydrogen-bond acceptors (Lipinski definition) is 11. The molecule has 10 rings (SSSR count). The third-order valence-electron chi connectivity index (χ3n) is 10.2. The van der Waals surface area contributed by atoms with Crippen molar-refractivity contribution in [2.45, 2.75) is 34.6 Å². The van der Waals surface area contributed by atoms with Crippen molar-refractivity contribution in [3.05, 3.63) is 194 Å². The van der Waals surface area contributed by atoms with Crippen LogP contribution in [0.4, 0.5) is 5.95 Å². The van der Waals surface area contributed by atoms with E-state index in [2.05, 4.69) is 32.5 Å². The number of phenolic OH excluding ortho intramolecular Hbond substituents is 2. The van der Waals surface area contributed by atoms with Gasteiger partial charge in [0.15, 0.2) is 5.82 Å². The van der Waals surface area contributed by atoms with Crippen LogP contribution in [0.2, 0.25) is 0 Å². The van der Waals surface area contributed by atoms with E-state index in [1.165, 1.54) is 0 Å². The van der Waals surface area contributed by atoms with Crippen molar-refractivity contribution in [1.29, 1.82) is 0 Å². The van der Waals surface area contributed by atoms with E-state index >= 15 is 0 Å². The van der Waals surface area contributed by atoms with E-state index in [0.717, 1.165) is 68.8 Å². The van der Waals surface area contributed by atoms with Gasteiger partial charge in [-0.15, -0.1) is 0 Å². The van der Waals surface area contributed by atoms with Crippen LogP contribution in [0.1, 0.15) is 33.5 Å². The first kappa shape index (κ1) is 51.9. The largest absolute Gasteiger partial charge is 0.508 e. The molecule has 0 aliphatic carbocycles. The summed E-state index contributed by atoms with van der Waals surface area (Å²) in [5, 5.41) is 25.0. The number of phenols is 2. The standard InChI is InChI=1S/2C14H13O2P.C12H14N4.2C6H6O.C3H9N/c2*1-2-17(15)14-10-6-4-8-12(14)11-7-3-5-9-13(11)16-17;1-3-13-12-15-9(2)14-11(16-12)10-7-5-4-6-8-10;2*7-6-4-2-1-3-5-6;1-3-4-2/h2*3-10H,2H2,1H3;4-8H,3H2,1-2H3,(H,13,14,15,16);2*1-5,7H;4H,3H2,1-2H3. The van der Waals surface area contributed by atoms with Gasteiger partial charge in [0.05, 0.1) is 10.6 Å². The summed E-state index contributed by atoms with van der Waals surface area (Å²) in [6, 6.07) is 58.5. The van der Waals surface area contributed by atoms with Crippen LogP contribution < -0.4 is 30.3 Å². The average Bonchev–Trinajstić information content (AvgIpc) is 3.38. The van der Waals surface area contributed by atoms with Gasteiger partial charge >= 0.3 is 0 Å². The smallest absolute Gasteiger partial charge is 0.277 e. The zero-order valence-corrected chi connectivity index (χ0v) is 41.3. The van der Waals surface area contributed by atoms with E-state index < -0.39 is 14.7 Å². The van der Waals surface area contributed by atoms with Crippen molar-refractivity contribution in [2.75, 3.05) is 37.8 Å². The summed E-state index contributed by atoms with van der Waals surface area (Å²) in [4.78, 5) is 12.9. The number of aromatic hydroxyl groups is 2. The van der Waals surface area contributed by atoms with E-state index in [4.69, 9.17) is 19.3 Å². The van der Waals surface area contributed by atoms with Crippen molar-refractivity contribution in [2.24, 2.45) is 0 Å². The van der Waals surface area contributed by atoms with Crippen molar-refractivity contribution < 1.29 is 28.4 Å². The highest BCUT2D eigenvalue weighted by Gasteiger charge is 2.35. The minimum atomic E-state index is -2.72. The van der Waals surface area contributed by atoms with E-state index in [1.54, 1.807) is 48.5 Å². The van der Waals surface area contributed by atoms with E-state index in [0.29, 0.717) is 35.6 Å². The molecule has 68 heavy (non-hydrogen) atoms. The summed E-state index contributed by atoms with van der Waals surface area (Å²) in [6.07, 6.45) is 1.05. The summed E-state index contributed by atoms with van der Waals surface area (Å²) in [7, 11) is -3.50. The van der Waals surface area contributed by atoms with Crippen LogP contribution in [0.25, 0.3) is 33.6 Å². The molecule has 2 aliphatic rings. The first-order chi connectivity index (χ1) is 33.0. The highest BCUT2D eigenvalue weighted by atomic mass is 31.2. The predicted molar refractivity (Wildman–Crippen MR) is 281 cm³/mol. The number of anilines is 1. The molecule has 3 heterocycles. The Morgan fingerprint density at radius 2 is 0.838 bits per heavy atom. The van der Waals surface area contributed by atoms with Gasteiger partial charge in [-0.05, 0) is 87.1 Å². The molecule has 0 spiro atoms. The van der Waals surface area contributed by atoms with Gasteiger partial charge < -0.3 is 29.9 Å². The molecule has 0 radical (unpaired) electrons. The molecule has 352 valence electrons. The molecule has 0 saturated carbocycles. The summed E-state index contributed by atoms with van der Waals surface area (Å²) in [5.41, 5.74) is 5.15. The molecule has 0 amide bonds. The number of benzene rings is 7. The lowest BCUT2D eigenvalue weighted by atomic mass is 10.0. The fourth-order valence-corrected chi connectivity index (χ4v) is 10.6. The van der Waals surface area contributed by atoms with Gasteiger partial charge in [-0.2, -0.15) is 9.97 Å². The molecular formula is C55H61N5O6P2. The number of fused-ring (bicyclic) bond motifs is 6. The maximum atomic E-state index is 12.8. The van der Waals surface area contributed by atoms with Crippen molar-refractivity contribution in [3.63, 3.8) is 0 Å². The first-order valence-electron chi connectivity index (χ1n) is 22.6. The number of hydrogen-bond donors (Lipinski definition) is 4. The Morgan fingerprint density at radius 1 is 0.471 bits per heavy atom. The second-order valence-corrected chi connectivity index (χ2v) is 20.3. The maximum absolute atomic E-state index is 12.8. The Labute approximate surface area is 401 Å². The summed E-state index contributed by atoms with van der Waals surface area (Å²) < 4.78 is 37.0. The monoisotopic (exact) mass is 949 g/mol. The molecule has 13 heteroatoms. The molecule has 4 N–H and O–H groups in total. The van der Waals surface area contributed by atoms with Gasteiger partial charge in [-0.3, -0.25) is 9.13 Å². The molecule has 0 saturated heterocycles. The number of nitrogens with zero attached hydrogens (tertiary/aromatic N) is 3. The number of nitrogens with one attached hydrogen (secondary N) is 2. The van der Waals surface area contributed by atoms with Gasteiger partial charge in [0.1, 0.15) is 28.8 Å². The van der Waals surface area contributed by atoms with Crippen LogP contribution in [0.3, 0.4) is 0 Å². The van der Waals surface area contributed by atoms with Crippen molar-refractivity contribution in [1.82, 2.24) is 20.3 Å². The maximum Gasteiger partial charge on any atom is 0.277 e. The molecule has 0 fully saturated rings. The van der Waals surface area contributed by atoms with Crippen LogP contribution in [0.15, 0.2) is 188 Å². The Morgan fingerprint density at radius 3 is 1.21 bits per heavy atom. The molecule has 11 nitrogen and oxygen atoms in total. The molecule has 2 atom stereocenters. The SMILES string of the molecule is CCNC.CCNc1nc(C)nc(-c2ccccc2)n1.CCP1(=O)Oc2ccccc2-c2ccccc21.CCP1(=O)Oc2ccccc2-c2ccccc21.Oc1ccccc1.Oc1ccccc1. The molecule has 0 bridgehead atoms. The zero-order chi connectivity index (χ0) is 48.8. The molecule has 2 aliphatic heterocycles. The normalized spacial score (nSPS) is 15.2. The predicted octanol–water partition coefficient (Wildman–Crippen LogP) is 12.6. The lowest BCUT2D eigenvalue weighted by Gasteiger charge is -2.27. The highest BCUT2D eigenvalue weighted by molar-refractivity contribution is 7.68. The van der Waals surface area contributed by atoms with Gasteiger partial charge in [-0.25, -0.2) is 4.98 Å². The fourth-order valence-electron chi connectivity index (χ4n) is 6.71. The van der Waals surface area contributed by atoms with Crippen LogP contribution in [-0.4, -0.2) is 57.6 Å². The molecule has 8 aromatic rings. The Balaban J connectivity index is 0.000000162. The lowest BCUT2D eigenvalue weighted by molar-refractivity contribution is 0.475. The molecule has 1 aromatic heterocycles. The Kier molecular flexibility index (Phi) is 20.1. The van der Waals surface area contributed by atoms with Crippen molar-refractivity contribution in [3.8, 4) is 56.6 Å². The number of rotatable bonds is 6. The van der Waals surface area contributed by atoms with Crippen LogP contribution >= 0.6 is 14.7 Å². The van der Waals surface area contributed by atoms with E-state index in [1.807, 2.05) is 174 Å². The minimum absolute atomic E-state index is 0.322. The summed E-state index contributed by atoms with van der Waals surface area (Å²) >= 11 is 0. The Bertz CT molecular complexity index is 2720. The van der Waals surface area contributed by atoms with Gasteiger partial charge in [0.25, 0.3) is 14.7 Å². The van der Waals surface area contributed by atoms with Gasteiger partial charge in [-0.1, -0.05) is 160 Å². The second-order valence-electron chi connectivity index (χ2n) is 15.0. The molecule has 2 unspecified atom stereocenters. The van der Waals surface area contributed by atoms with Crippen molar-refractivity contribution >= 4 is 31.3 Å². The van der Waals surface area contributed by atoms with E-state index in [9.17, 15) is 9.13 Å². The lowest BCUT2D eigenvalue weighted by Crippen LogP contribution is -2.18. The summed E-state index contributed by atoms with van der Waals surface area (Å²) in [5.74, 6) is 4.18. The fraction of sp³-hybridized carbons (Fsp3) is 0.182. The Hall–Kier alpha value is -7.03. The second kappa shape index (κ2) is 26.3. The quantitative estimate of drug-likeness (QED) is 0.118. The van der Waals surface area contributed by atoms with Crippen LogP contribution in [0.5, 0.6) is 23.0 Å². The number of aryl methyl sites for hydroxylation is 1. The van der Waals surface area contributed by atoms with Gasteiger partial charge in [0.2, 0.25) is 5.95 Å². The summed E-state index contributed by atoms with van der Waals surface area (Å²) in [6.45, 7) is 11.6. The third kappa shape index (κ3) is 14.5. The zero-order valence-electron chi connectivity index (χ0n) is 39.5. The minimum Gasteiger partial charge on any atom is -0.508 e. The van der Waals surface area contributed by atoms with E-state index in [-0.39, 0.29) is 0 Å². The van der Waals surface area contributed by atoms with Gasteiger partial charge in [0, 0.05) is 35.6 Å². The van der Waals surface area contributed by atoms with Crippen LogP contribution in [-0.2, 0) is 9.13 Å². The molecular weight excluding hydrogens is 889 g/mol. The molecule has 7 aromatic carbocycles. The average molecular weight is 950 g/mol. The highest BCUT2D eigenvalue weighted by Crippen LogP contribution is 2.55. The van der Waals surface area contributed by atoms with Crippen LogP contribution in [0, 0.1) is 6.92 Å². The number of aromatic nitrogens is 3. The topological polar surface area (TPSA) is 156 Å².